The van der Waals surface area contributed by atoms with Crippen molar-refractivity contribution >= 4 is 10.0 Å². The Bertz CT molecular complexity index is 543. The fraction of sp³-hybridized carbons (Fsp3) is 0.600. The number of aryl methyl sites for hydroxylation is 1. The van der Waals surface area contributed by atoms with Crippen molar-refractivity contribution in [2.24, 2.45) is 5.14 Å². The molecule has 0 saturated heterocycles. The van der Waals surface area contributed by atoms with Crippen LogP contribution in [-0.4, -0.2) is 32.7 Å². The number of hydrogen-bond donors (Lipinski definition) is 1. The molecule has 112 valence electrons. The number of nitrogens with zero attached hydrogens (tertiary/aromatic N) is 1. The molecule has 4 nitrogen and oxygen atoms in total. The molecule has 0 radical (unpaired) electrons. The monoisotopic (exact) mass is 296 g/mol. The molecule has 0 aliphatic heterocycles. The summed E-state index contributed by atoms with van der Waals surface area (Å²) >= 11 is 0. The predicted molar refractivity (Wildman–Crippen MR) is 82.0 cm³/mol. The van der Waals surface area contributed by atoms with Crippen LogP contribution in [0, 0.1) is 0 Å². The largest absolute Gasteiger partial charge is 0.299 e. The maximum absolute atomic E-state index is 10.9. The number of rotatable bonds is 6. The van der Waals surface area contributed by atoms with Gasteiger partial charge in [0.25, 0.3) is 0 Å². The van der Waals surface area contributed by atoms with Gasteiger partial charge in [-0.15, -0.1) is 0 Å². The van der Waals surface area contributed by atoms with E-state index in [0.717, 1.165) is 13.0 Å². The number of sulfonamides is 1. The van der Waals surface area contributed by atoms with Crippen LogP contribution in [0.1, 0.15) is 42.9 Å². The molecule has 1 aromatic rings. The number of fused-ring (bicyclic) bond motifs is 1. The summed E-state index contributed by atoms with van der Waals surface area (Å²) in [5.41, 5.74) is 2.90. The molecule has 0 spiro atoms. The molecule has 0 aromatic heterocycles. The summed E-state index contributed by atoms with van der Waals surface area (Å²) in [6, 6.07) is 9.12. The first-order valence-electron chi connectivity index (χ1n) is 7.26. The Morgan fingerprint density at radius 3 is 2.80 bits per heavy atom. The summed E-state index contributed by atoms with van der Waals surface area (Å²) in [5.74, 6) is 0.0854. The second-order valence-corrected chi connectivity index (χ2v) is 7.40. The van der Waals surface area contributed by atoms with E-state index < -0.39 is 10.0 Å². The van der Waals surface area contributed by atoms with E-state index in [0.29, 0.717) is 12.5 Å². The molecule has 1 aromatic carbocycles. The molecule has 0 saturated carbocycles. The molecule has 1 aliphatic carbocycles. The average molecular weight is 296 g/mol. The summed E-state index contributed by atoms with van der Waals surface area (Å²) in [7, 11) is -1.19. The Morgan fingerprint density at radius 2 is 2.05 bits per heavy atom. The van der Waals surface area contributed by atoms with Gasteiger partial charge in [0.2, 0.25) is 10.0 Å². The minimum absolute atomic E-state index is 0.0854. The van der Waals surface area contributed by atoms with Crippen LogP contribution in [0.15, 0.2) is 24.3 Å². The molecule has 0 bridgehead atoms. The summed E-state index contributed by atoms with van der Waals surface area (Å²) in [4.78, 5) is 2.35. The Kier molecular flexibility index (Phi) is 5.18. The van der Waals surface area contributed by atoms with Crippen LogP contribution in [0.5, 0.6) is 0 Å². The lowest BCUT2D eigenvalue weighted by molar-refractivity contribution is 0.218. The first kappa shape index (κ1) is 15.5. The Balaban J connectivity index is 1.89. The third-order valence-corrected chi connectivity index (χ3v) is 4.92. The zero-order chi connectivity index (χ0) is 14.6. The van der Waals surface area contributed by atoms with Crippen LogP contribution >= 0.6 is 0 Å². The SMILES string of the molecule is CN(CCCCS(N)(=O)=O)C1CCCc2ccccc21. The van der Waals surface area contributed by atoms with Gasteiger partial charge in [0.1, 0.15) is 0 Å². The molecule has 0 heterocycles. The van der Waals surface area contributed by atoms with Crippen molar-refractivity contribution in [3.05, 3.63) is 35.4 Å². The normalized spacial score (nSPS) is 19.1. The van der Waals surface area contributed by atoms with E-state index in [2.05, 4.69) is 36.2 Å². The standard InChI is InChI=1S/C15H24N2O2S/c1-17(11-4-5-12-20(16,18)19)15-10-6-8-13-7-2-3-9-14(13)15/h2-3,7,9,15H,4-6,8,10-12H2,1H3,(H2,16,18,19). The van der Waals surface area contributed by atoms with E-state index in [9.17, 15) is 8.42 Å². The maximum atomic E-state index is 10.9. The Labute approximate surface area is 122 Å². The van der Waals surface area contributed by atoms with Crippen molar-refractivity contribution in [1.29, 1.82) is 0 Å². The third-order valence-electron chi connectivity index (χ3n) is 4.06. The molecule has 1 unspecified atom stereocenters. The number of primary sulfonamides is 1. The Hall–Kier alpha value is -0.910. The molecular formula is C15H24N2O2S. The first-order valence-corrected chi connectivity index (χ1v) is 8.97. The van der Waals surface area contributed by atoms with Crippen LogP contribution < -0.4 is 5.14 Å². The van der Waals surface area contributed by atoms with Crippen LogP contribution in [0.25, 0.3) is 0 Å². The molecule has 0 amide bonds. The Morgan fingerprint density at radius 1 is 1.30 bits per heavy atom. The van der Waals surface area contributed by atoms with E-state index in [1.165, 1.54) is 30.4 Å². The van der Waals surface area contributed by atoms with Gasteiger partial charge in [0, 0.05) is 6.04 Å². The van der Waals surface area contributed by atoms with Crippen LogP contribution in [0.4, 0.5) is 0 Å². The van der Waals surface area contributed by atoms with Crippen molar-refractivity contribution in [2.75, 3.05) is 19.3 Å². The van der Waals surface area contributed by atoms with Crippen molar-refractivity contribution < 1.29 is 8.42 Å². The van der Waals surface area contributed by atoms with Crippen molar-refractivity contribution in [3.8, 4) is 0 Å². The van der Waals surface area contributed by atoms with Crippen molar-refractivity contribution in [2.45, 2.75) is 38.1 Å². The van der Waals surface area contributed by atoms with Gasteiger partial charge in [-0.05, 0) is 56.8 Å². The fourth-order valence-electron chi connectivity index (χ4n) is 3.01. The maximum Gasteiger partial charge on any atom is 0.209 e. The van der Waals surface area contributed by atoms with Gasteiger partial charge >= 0.3 is 0 Å². The van der Waals surface area contributed by atoms with Crippen LogP contribution in [0.3, 0.4) is 0 Å². The number of unbranched alkanes of at least 4 members (excludes halogenated alkanes) is 1. The van der Waals surface area contributed by atoms with Gasteiger partial charge in [-0.1, -0.05) is 24.3 Å². The third kappa shape index (κ3) is 4.30. The van der Waals surface area contributed by atoms with Gasteiger partial charge < -0.3 is 0 Å². The van der Waals surface area contributed by atoms with E-state index in [1.807, 2.05) is 0 Å². The second-order valence-electron chi connectivity index (χ2n) is 5.66. The average Bonchev–Trinajstić information content (AvgIpc) is 2.41. The molecule has 5 heteroatoms. The van der Waals surface area contributed by atoms with Crippen molar-refractivity contribution in [1.82, 2.24) is 4.90 Å². The lowest BCUT2D eigenvalue weighted by Gasteiger charge is -2.33. The molecular weight excluding hydrogens is 272 g/mol. The van der Waals surface area contributed by atoms with Gasteiger partial charge in [0.15, 0.2) is 0 Å². The molecule has 2 rings (SSSR count). The van der Waals surface area contributed by atoms with Gasteiger partial charge in [0.05, 0.1) is 5.75 Å². The molecule has 1 atom stereocenters. The summed E-state index contributed by atoms with van der Waals surface area (Å²) in [5, 5.41) is 5.02. The minimum Gasteiger partial charge on any atom is -0.299 e. The highest BCUT2D eigenvalue weighted by Gasteiger charge is 2.22. The van der Waals surface area contributed by atoms with Gasteiger partial charge in [-0.2, -0.15) is 0 Å². The number of nitrogens with two attached hydrogens (primary N) is 1. The van der Waals surface area contributed by atoms with Crippen molar-refractivity contribution in [3.63, 3.8) is 0 Å². The quantitative estimate of drug-likeness (QED) is 0.817. The molecule has 0 fully saturated rings. The van der Waals surface area contributed by atoms with E-state index in [-0.39, 0.29) is 5.75 Å². The van der Waals surface area contributed by atoms with E-state index >= 15 is 0 Å². The second kappa shape index (κ2) is 6.70. The highest BCUT2D eigenvalue weighted by atomic mass is 32.2. The number of benzene rings is 1. The summed E-state index contributed by atoms with van der Waals surface area (Å²) in [6.07, 6.45) is 5.08. The van der Waals surface area contributed by atoms with Gasteiger partial charge in [-0.25, -0.2) is 13.6 Å². The molecule has 2 N–H and O–H groups in total. The van der Waals surface area contributed by atoms with Gasteiger partial charge in [-0.3, -0.25) is 4.90 Å². The zero-order valence-corrected chi connectivity index (χ0v) is 12.9. The van der Waals surface area contributed by atoms with E-state index in [4.69, 9.17) is 5.14 Å². The summed E-state index contributed by atoms with van der Waals surface area (Å²) in [6.45, 7) is 0.911. The van der Waals surface area contributed by atoms with Crippen LogP contribution in [0.2, 0.25) is 0 Å². The highest BCUT2D eigenvalue weighted by Crippen LogP contribution is 2.33. The number of hydrogen-bond acceptors (Lipinski definition) is 3. The summed E-state index contributed by atoms with van der Waals surface area (Å²) < 4.78 is 21.8. The smallest absolute Gasteiger partial charge is 0.209 e. The van der Waals surface area contributed by atoms with Crippen LogP contribution in [-0.2, 0) is 16.4 Å². The molecule has 1 aliphatic rings. The predicted octanol–water partition coefficient (Wildman–Crippen LogP) is 2.06. The lowest BCUT2D eigenvalue weighted by atomic mass is 9.87. The fourth-order valence-corrected chi connectivity index (χ4v) is 3.61. The molecule has 20 heavy (non-hydrogen) atoms. The first-order chi connectivity index (χ1) is 9.47. The highest BCUT2D eigenvalue weighted by molar-refractivity contribution is 7.89. The topological polar surface area (TPSA) is 63.4 Å². The van der Waals surface area contributed by atoms with E-state index in [1.54, 1.807) is 0 Å². The lowest BCUT2D eigenvalue weighted by Crippen LogP contribution is -2.29. The minimum atomic E-state index is -3.31. The zero-order valence-electron chi connectivity index (χ0n) is 12.1.